The third kappa shape index (κ3) is 5.75. The van der Waals surface area contributed by atoms with Crippen LogP contribution in [-0.2, 0) is 29.0 Å². The van der Waals surface area contributed by atoms with Gasteiger partial charge in [-0.2, -0.15) is 5.26 Å². The Morgan fingerprint density at radius 3 is 2.52 bits per heavy atom. The molecule has 166 valence electrons. The van der Waals surface area contributed by atoms with E-state index in [9.17, 15) is 10.1 Å². The molecule has 0 bridgehead atoms. The van der Waals surface area contributed by atoms with E-state index in [2.05, 4.69) is 47.5 Å². The molecule has 0 radical (unpaired) electrons. The third-order valence-corrected chi connectivity index (χ3v) is 6.16. The van der Waals surface area contributed by atoms with Crippen molar-refractivity contribution >= 4 is 11.7 Å². The standard InChI is InChI=1S/C25H34N4O2/c1-5-20-7-9-21(10-8-20)16-28(22-11-12-22)17-24(30)27-25-23(15-26)18(2)19(3)29(25)13-6-14-31-4/h7-10,22H,5-6,11-14,16-17H2,1-4H3,(H,27,30). The zero-order valence-electron chi connectivity index (χ0n) is 19.2. The number of nitriles is 1. The summed E-state index contributed by atoms with van der Waals surface area (Å²) in [6.07, 6.45) is 4.12. The van der Waals surface area contributed by atoms with E-state index in [0.717, 1.165) is 43.5 Å². The summed E-state index contributed by atoms with van der Waals surface area (Å²) < 4.78 is 7.21. The van der Waals surface area contributed by atoms with E-state index in [-0.39, 0.29) is 5.91 Å². The van der Waals surface area contributed by atoms with E-state index in [1.807, 2.05) is 18.4 Å². The molecule has 1 amide bonds. The van der Waals surface area contributed by atoms with E-state index in [1.54, 1.807) is 7.11 Å². The first kappa shape index (κ1) is 23.1. The highest BCUT2D eigenvalue weighted by molar-refractivity contribution is 5.93. The summed E-state index contributed by atoms with van der Waals surface area (Å²) in [5.74, 6) is 0.542. The van der Waals surface area contributed by atoms with Crippen LogP contribution in [0.15, 0.2) is 24.3 Å². The van der Waals surface area contributed by atoms with Crippen LogP contribution in [0.1, 0.15) is 54.1 Å². The Hall–Kier alpha value is -2.62. The summed E-state index contributed by atoms with van der Waals surface area (Å²) in [5.41, 5.74) is 5.03. The van der Waals surface area contributed by atoms with Gasteiger partial charge in [-0.05, 0) is 56.2 Å². The molecule has 31 heavy (non-hydrogen) atoms. The molecule has 1 saturated carbocycles. The number of ether oxygens (including phenoxy) is 1. The number of methoxy groups -OCH3 is 1. The molecule has 1 aliphatic carbocycles. The number of nitrogens with one attached hydrogen (secondary N) is 1. The number of hydrogen-bond acceptors (Lipinski definition) is 4. The number of aryl methyl sites for hydroxylation is 1. The van der Waals surface area contributed by atoms with Gasteiger partial charge in [-0.1, -0.05) is 31.2 Å². The zero-order chi connectivity index (χ0) is 22.4. The number of amides is 1. The van der Waals surface area contributed by atoms with Crippen LogP contribution in [0.3, 0.4) is 0 Å². The molecule has 1 aromatic heterocycles. The second-order valence-corrected chi connectivity index (χ2v) is 8.40. The Balaban J connectivity index is 1.72. The molecule has 3 rings (SSSR count). The molecule has 1 fully saturated rings. The molecule has 1 aliphatic rings. The fraction of sp³-hybridized carbons (Fsp3) is 0.520. The van der Waals surface area contributed by atoms with Crippen molar-refractivity contribution in [1.29, 1.82) is 5.26 Å². The first-order chi connectivity index (χ1) is 15.0. The minimum atomic E-state index is -0.0703. The number of benzene rings is 1. The summed E-state index contributed by atoms with van der Waals surface area (Å²) in [4.78, 5) is 15.3. The molecular weight excluding hydrogens is 388 g/mol. The minimum Gasteiger partial charge on any atom is -0.385 e. The van der Waals surface area contributed by atoms with Crippen molar-refractivity contribution in [3.05, 3.63) is 52.2 Å². The molecule has 0 saturated heterocycles. The molecule has 1 aromatic carbocycles. The summed E-state index contributed by atoms with van der Waals surface area (Å²) in [7, 11) is 1.68. The SMILES string of the molecule is CCc1ccc(CN(CC(=O)Nc2c(C#N)c(C)c(C)n2CCCOC)C2CC2)cc1. The summed E-state index contributed by atoms with van der Waals surface area (Å²) in [6, 6.07) is 11.4. The summed E-state index contributed by atoms with van der Waals surface area (Å²) in [5, 5.41) is 12.7. The van der Waals surface area contributed by atoms with Crippen molar-refractivity contribution in [3.63, 3.8) is 0 Å². The monoisotopic (exact) mass is 422 g/mol. The van der Waals surface area contributed by atoms with E-state index in [4.69, 9.17) is 4.74 Å². The number of rotatable bonds is 11. The molecule has 0 spiro atoms. The maximum Gasteiger partial charge on any atom is 0.239 e. The van der Waals surface area contributed by atoms with Crippen molar-refractivity contribution in [2.75, 3.05) is 25.6 Å². The van der Waals surface area contributed by atoms with Crippen molar-refractivity contribution in [2.45, 2.75) is 65.6 Å². The minimum absolute atomic E-state index is 0.0703. The van der Waals surface area contributed by atoms with E-state index >= 15 is 0 Å². The highest BCUT2D eigenvalue weighted by atomic mass is 16.5. The van der Waals surface area contributed by atoms with Crippen LogP contribution in [0.4, 0.5) is 5.82 Å². The van der Waals surface area contributed by atoms with Crippen LogP contribution in [0.25, 0.3) is 0 Å². The first-order valence-corrected chi connectivity index (χ1v) is 11.2. The van der Waals surface area contributed by atoms with E-state index < -0.39 is 0 Å². The van der Waals surface area contributed by atoms with Gasteiger partial charge in [0.05, 0.1) is 12.1 Å². The highest BCUT2D eigenvalue weighted by Crippen LogP contribution is 2.29. The van der Waals surface area contributed by atoms with Gasteiger partial charge in [-0.25, -0.2) is 0 Å². The molecular formula is C25H34N4O2. The number of carbonyl (C=O) groups excluding carboxylic acids is 1. The van der Waals surface area contributed by atoms with Gasteiger partial charge in [-0.15, -0.1) is 0 Å². The number of carbonyl (C=O) groups is 1. The molecule has 1 heterocycles. The van der Waals surface area contributed by atoms with Crippen molar-refractivity contribution in [2.24, 2.45) is 0 Å². The Kier molecular flexibility index (Phi) is 7.89. The second-order valence-electron chi connectivity index (χ2n) is 8.40. The molecule has 6 heteroatoms. The van der Waals surface area contributed by atoms with Gasteiger partial charge in [0.15, 0.2) is 0 Å². The average Bonchev–Trinajstić information content (AvgIpc) is 3.58. The van der Waals surface area contributed by atoms with E-state index in [1.165, 1.54) is 11.1 Å². The predicted molar refractivity (Wildman–Crippen MR) is 123 cm³/mol. The number of hydrogen-bond donors (Lipinski definition) is 1. The predicted octanol–water partition coefficient (Wildman–Crippen LogP) is 4.18. The lowest BCUT2D eigenvalue weighted by Crippen LogP contribution is -2.35. The Labute approximate surface area is 185 Å². The molecule has 0 atom stereocenters. The maximum atomic E-state index is 13.0. The molecule has 2 aromatic rings. The Bertz CT molecular complexity index is 936. The Morgan fingerprint density at radius 2 is 1.94 bits per heavy atom. The van der Waals surface area contributed by atoms with Crippen LogP contribution < -0.4 is 5.32 Å². The smallest absolute Gasteiger partial charge is 0.239 e. The van der Waals surface area contributed by atoms with Crippen LogP contribution in [0, 0.1) is 25.2 Å². The van der Waals surface area contributed by atoms with Crippen LogP contribution >= 0.6 is 0 Å². The number of nitrogens with zero attached hydrogens (tertiary/aromatic N) is 3. The summed E-state index contributed by atoms with van der Waals surface area (Å²) in [6.45, 7) is 8.51. The largest absolute Gasteiger partial charge is 0.385 e. The molecule has 1 N–H and O–H groups in total. The lowest BCUT2D eigenvalue weighted by atomic mass is 10.1. The third-order valence-electron chi connectivity index (χ3n) is 6.16. The van der Waals surface area contributed by atoms with Gasteiger partial charge in [0.2, 0.25) is 5.91 Å². The first-order valence-electron chi connectivity index (χ1n) is 11.2. The average molecular weight is 423 g/mol. The van der Waals surface area contributed by atoms with Gasteiger partial charge in [0.25, 0.3) is 0 Å². The van der Waals surface area contributed by atoms with Gasteiger partial charge < -0.3 is 14.6 Å². The molecule has 0 aliphatic heterocycles. The Morgan fingerprint density at radius 1 is 1.26 bits per heavy atom. The van der Waals surface area contributed by atoms with Gasteiger partial charge in [-0.3, -0.25) is 9.69 Å². The van der Waals surface area contributed by atoms with Gasteiger partial charge >= 0.3 is 0 Å². The quantitative estimate of drug-likeness (QED) is 0.552. The lowest BCUT2D eigenvalue weighted by Gasteiger charge is -2.22. The molecule has 0 unspecified atom stereocenters. The second kappa shape index (κ2) is 10.6. The zero-order valence-corrected chi connectivity index (χ0v) is 19.2. The van der Waals surface area contributed by atoms with E-state index in [0.29, 0.717) is 37.1 Å². The van der Waals surface area contributed by atoms with Crippen molar-refractivity contribution in [3.8, 4) is 6.07 Å². The van der Waals surface area contributed by atoms with Crippen molar-refractivity contribution < 1.29 is 9.53 Å². The van der Waals surface area contributed by atoms with Gasteiger partial charge in [0.1, 0.15) is 11.9 Å². The van der Waals surface area contributed by atoms with Crippen LogP contribution in [0.2, 0.25) is 0 Å². The van der Waals surface area contributed by atoms with Crippen molar-refractivity contribution in [1.82, 2.24) is 9.47 Å². The molecule has 6 nitrogen and oxygen atoms in total. The number of aromatic nitrogens is 1. The fourth-order valence-electron chi connectivity index (χ4n) is 4.00. The maximum absolute atomic E-state index is 13.0. The van der Waals surface area contributed by atoms with Crippen LogP contribution in [-0.4, -0.2) is 41.7 Å². The normalized spacial score (nSPS) is 13.4. The number of anilines is 1. The van der Waals surface area contributed by atoms with Gasteiger partial charge in [0, 0.05) is 38.5 Å². The topological polar surface area (TPSA) is 70.3 Å². The summed E-state index contributed by atoms with van der Waals surface area (Å²) >= 11 is 0. The lowest BCUT2D eigenvalue weighted by molar-refractivity contribution is -0.117. The van der Waals surface area contributed by atoms with Crippen LogP contribution in [0.5, 0.6) is 0 Å². The highest BCUT2D eigenvalue weighted by Gasteiger charge is 2.31. The fourth-order valence-corrected chi connectivity index (χ4v) is 4.00.